The third-order valence-electron chi connectivity index (χ3n) is 2.85. The summed E-state index contributed by atoms with van der Waals surface area (Å²) in [6, 6.07) is 2.31. The summed E-state index contributed by atoms with van der Waals surface area (Å²) in [5, 5.41) is 0. The normalized spacial score (nSPS) is 17.2. The van der Waals surface area contributed by atoms with Gasteiger partial charge in [-0.05, 0) is 18.9 Å². The van der Waals surface area contributed by atoms with Gasteiger partial charge < -0.3 is 10.6 Å². The van der Waals surface area contributed by atoms with Crippen LogP contribution in [0.1, 0.15) is 25.7 Å². The number of nitrogens with zero attached hydrogens (tertiary/aromatic N) is 3. The van der Waals surface area contributed by atoms with Crippen LogP contribution >= 0.6 is 0 Å². The van der Waals surface area contributed by atoms with E-state index >= 15 is 0 Å². The van der Waals surface area contributed by atoms with E-state index in [4.69, 9.17) is 5.73 Å². The molecule has 4 nitrogen and oxygen atoms in total. The highest BCUT2D eigenvalue weighted by atomic mass is 15.3. The average molecular weight is 192 g/mol. The van der Waals surface area contributed by atoms with Gasteiger partial charge in [-0.2, -0.15) is 4.98 Å². The molecule has 2 N–H and O–H groups in total. The fourth-order valence-electron chi connectivity index (χ4n) is 1.99. The fourth-order valence-corrected chi connectivity index (χ4v) is 1.99. The molecule has 0 spiro atoms. The Morgan fingerprint density at radius 2 is 2.14 bits per heavy atom. The first-order valence-electron chi connectivity index (χ1n) is 5.09. The van der Waals surface area contributed by atoms with Crippen molar-refractivity contribution in [1.82, 2.24) is 9.97 Å². The lowest BCUT2D eigenvalue weighted by molar-refractivity contribution is 0.638. The van der Waals surface area contributed by atoms with E-state index in [1.165, 1.54) is 25.7 Å². The summed E-state index contributed by atoms with van der Waals surface area (Å²) >= 11 is 0. The minimum absolute atomic E-state index is 0.542. The van der Waals surface area contributed by atoms with Crippen LogP contribution in [0, 0.1) is 0 Å². The summed E-state index contributed by atoms with van der Waals surface area (Å²) < 4.78 is 0. The lowest BCUT2D eigenvalue weighted by Gasteiger charge is -2.23. The monoisotopic (exact) mass is 192 g/mol. The third kappa shape index (κ3) is 1.78. The lowest BCUT2D eigenvalue weighted by atomic mass is 10.2. The lowest BCUT2D eigenvalue weighted by Crippen LogP contribution is -2.30. The molecule has 1 saturated carbocycles. The molecule has 0 aliphatic heterocycles. The van der Waals surface area contributed by atoms with Crippen LogP contribution in [0.25, 0.3) is 0 Å². The zero-order valence-corrected chi connectivity index (χ0v) is 8.48. The molecule has 14 heavy (non-hydrogen) atoms. The van der Waals surface area contributed by atoms with Gasteiger partial charge >= 0.3 is 0 Å². The summed E-state index contributed by atoms with van der Waals surface area (Å²) in [6.45, 7) is 0. The molecule has 0 atom stereocenters. The van der Waals surface area contributed by atoms with Gasteiger partial charge in [-0.25, -0.2) is 4.98 Å². The molecule has 1 aliphatic carbocycles. The van der Waals surface area contributed by atoms with Crippen molar-refractivity contribution in [2.24, 2.45) is 0 Å². The highest BCUT2D eigenvalue weighted by Gasteiger charge is 2.21. The van der Waals surface area contributed by atoms with Crippen LogP contribution in [0.5, 0.6) is 0 Å². The zero-order chi connectivity index (χ0) is 9.97. The van der Waals surface area contributed by atoms with E-state index in [9.17, 15) is 0 Å². The summed E-state index contributed by atoms with van der Waals surface area (Å²) in [5.74, 6) is 1.29. The number of hydrogen-bond donors (Lipinski definition) is 1. The Bertz CT molecular complexity index is 307. The Balaban J connectivity index is 2.13. The van der Waals surface area contributed by atoms with Gasteiger partial charge in [0.2, 0.25) is 5.95 Å². The summed E-state index contributed by atoms with van der Waals surface area (Å²) in [4.78, 5) is 10.6. The van der Waals surface area contributed by atoms with Crippen molar-refractivity contribution in [2.75, 3.05) is 17.7 Å². The van der Waals surface area contributed by atoms with E-state index in [-0.39, 0.29) is 0 Å². The van der Waals surface area contributed by atoms with Gasteiger partial charge in [-0.15, -0.1) is 0 Å². The second-order valence-electron chi connectivity index (χ2n) is 3.83. The van der Waals surface area contributed by atoms with E-state index in [0.717, 1.165) is 5.95 Å². The van der Waals surface area contributed by atoms with Crippen LogP contribution in [0.2, 0.25) is 0 Å². The number of hydrogen-bond acceptors (Lipinski definition) is 4. The van der Waals surface area contributed by atoms with Crippen LogP contribution in [0.15, 0.2) is 12.3 Å². The zero-order valence-electron chi connectivity index (χ0n) is 8.48. The van der Waals surface area contributed by atoms with Crippen molar-refractivity contribution >= 4 is 11.8 Å². The molecule has 1 heterocycles. The predicted octanol–water partition coefficient (Wildman–Crippen LogP) is 1.44. The first-order valence-corrected chi connectivity index (χ1v) is 5.09. The molecule has 0 aromatic carbocycles. The predicted molar refractivity (Wildman–Crippen MR) is 57.1 cm³/mol. The van der Waals surface area contributed by atoms with E-state index in [1.807, 2.05) is 7.05 Å². The SMILES string of the molecule is CN(c1nccc(N)n1)C1CCCC1. The highest BCUT2D eigenvalue weighted by Crippen LogP contribution is 2.24. The summed E-state index contributed by atoms with van der Waals surface area (Å²) in [7, 11) is 2.05. The van der Waals surface area contributed by atoms with Crippen molar-refractivity contribution in [3.8, 4) is 0 Å². The largest absolute Gasteiger partial charge is 0.384 e. The highest BCUT2D eigenvalue weighted by molar-refractivity contribution is 5.37. The van der Waals surface area contributed by atoms with E-state index in [0.29, 0.717) is 11.9 Å². The molecule has 0 bridgehead atoms. The molecule has 4 heteroatoms. The Hall–Kier alpha value is -1.32. The van der Waals surface area contributed by atoms with Crippen molar-refractivity contribution in [2.45, 2.75) is 31.7 Å². The van der Waals surface area contributed by atoms with Crippen LogP contribution < -0.4 is 10.6 Å². The molecule has 1 aromatic rings. The van der Waals surface area contributed by atoms with Crippen molar-refractivity contribution in [3.05, 3.63) is 12.3 Å². The topological polar surface area (TPSA) is 55.0 Å². The van der Waals surface area contributed by atoms with E-state index in [2.05, 4.69) is 14.9 Å². The van der Waals surface area contributed by atoms with Crippen LogP contribution in [0.4, 0.5) is 11.8 Å². The standard InChI is InChI=1S/C10H16N4/c1-14(8-4-2-3-5-8)10-12-7-6-9(11)13-10/h6-8H,2-5H2,1H3,(H2,11,12,13). The van der Waals surface area contributed by atoms with E-state index < -0.39 is 0 Å². The third-order valence-corrected chi connectivity index (χ3v) is 2.85. The summed E-state index contributed by atoms with van der Waals surface area (Å²) in [5.41, 5.74) is 5.62. The molecule has 1 aromatic heterocycles. The van der Waals surface area contributed by atoms with Gasteiger partial charge in [0, 0.05) is 19.3 Å². The quantitative estimate of drug-likeness (QED) is 0.770. The van der Waals surface area contributed by atoms with Gasteiger partial charge in [0.05, 0.1) is 0 Å². The maximum absolute atomic E-state index is 5.62. The second kappa shape index (κ2) is 3.82. The van der Waals surface area contributed by atoms with Crippen LogP contribution in [-0.2, 0) is 0 Å². The smallest absolute Gasteiger partial charge is 0.227 e. The molecular formula is C10H16N4. The number of anilines is 2. The first kappa shape index (κ1) is 9.24. The Morgan fingerprint density at radius 1 is 1.43 bits per heavy atom. The average Bonchev–Trinajstić information content (AvgIpc) is 2.69. The fraction of sp³-hybridized carbons (Fsp3) is 0.600. The Labute approximate surface area is 84.2 Å². The van der Waals surface area contributed by atoms with Crippen molar-refractivity contribution in [1.29, 1.82) is 0 Å². The molecule has 2 rings (SSSR count). The number of nitrogens with two attached hydrogens (primary N) is 1. The number of nitrogen functional groups attached to an aromatic ring is 1. The minimum Gasteiger partial charge on any atom is -0.384 e. The molecule has 1 fully saturated rings. The maximum atomic E-state index is 5.62. The molecule has 0 amide bonds. The molecule has 76 valence electrons. The Kier molecular flexibility index (Phi) is 2.52. The molecule has 0 saturated heterocycles. The van der Waals surface area contributed by atoms with Gasteiger partial charge in [0.1, 0.15) is 5.82 Å². The van der Waals surface area contributed by atoms with Gasteiger partial charge in [-0.3, -0.25) is 0 Å². The van der Waals surface area contributed by atoms with Gasteiger partial charge in [-0.1, -0.05) is 12.8 Å². The van der Waals surface area contributed by atoms with Gasteiger partial charge in [0.25, 0.3) is 0 Å². The minimum atomic E-state index is 0.542. The molecule has 0 unspecified atom stereocenters. The van der Waals surface area contributed by atoms with E-state index in [1.54, 1.807) is 12.3 Å². The van der Waals surface area contributed by atoms with Crippen molar-refractivity contribution in [3.63, 3.8) is 0 Å². The van der Waals surface area contributed by atoms with Crippen LogP contribution in [0.3, 0.4) is 0 Å². The number of rotatable bonds is 2. The molecular weight excluding hydrogens is 176 g/mol. The molecule has 1 aliphatic rings. The van der Waals surface area contributed by atoms with Gasteiger partial charge in [0.15, 0.2) is 0 Å². The Morgan fingerprint density at radius 3 is 2.79 bits per heavy atom. The molecule has 0 radical (unpaired) electrons. The number of aromatic nitrogens is 2. The van der Waals surface area contributed by atoms with Crippen LogP contribution in [-0.4, -0.2) is 23.1 Å². The second-order valence-corrected chi connectivity index (χ2v) is 3.83. The first-order chi connectivity index (χ1) is 6.77. The maximum Gasteiger partial charge on any atom is 0.227 e. The van der Waals surface area contributed by atoms with Crippen molar-refractivity contribution < 1.29 is 0 Å². The summed E-state index contributed by atoms with van der Waals surface area (Å²) in [6.07, 6.45) is 6.83.